The topological polar surface area (TPSA) is 86.5 Å². The fraction of sp³-hybridized carbons (Fsp3) is 0.200. The smallest absolute Gasteiger partial charge is 0.0681 e. The molecule has 3 aromatic carbocycles. The van der Waals surface area contributed by atoms with E-state index < -0.39 is 12.2 Å². The van der Waals surface area contributed by atoms with Crippen molar-refractivity contribution in [2.45, 2.75) is 45.0 Å². The predicted octanol–water partition coefficient (Wildman–Crippen LogP) is 6.34. The summed E-state index contributed by atoms with van der Waals surface area (Å²) in [6.45, 7) is 1.74. The van der Waals surface area contributed by atoms with Crippen LogP contribution in [-0.4, -0.2) is 37.5 Å². The third-order valence-corrected chi connectivity index (χ3v) is 5.88. The monoisotopic (exact) mass is 725 g/mol. The van der Waals surface area contributed by atoms with Crippen molar-refractivity contribution in [1.29, 1.82) is 0 Å². The number of aryl methyl sites for hydroxylation is 1. The molecule has 0 saturated heterocycles. The van der Waals surface area contributed by atoms with Crippen LogP contribution in [0.15, 0.2) is 122 Å². The number of benzene rings is 3. The van der Waals surface area contributed by atoms with Gasteiger partial charge in [-0.3, -0.25) is 0 Å². The van der Waals surface area contributed by atoms with E-state index >= 15 is 0 Å². The van der Waals surface area contributed by atoms with Gasteiger partial charge < -0.3 is 25.3 Å². The van der Waals surface area contributed by atoms with E-state index in [1.165, 1.54) is 0 Å². The molecule has 0 saturated carbocycles. The molecule has 5 aromatic rings. The zero-order valence-corrected chi connectivity index (χ0v) is 25.5. The first kappa shape index (κ1) is 33.7. The van der Waals surface area contributed by atoms with Crippen molar-refractivity contribution < 1.29 is 35.4 Å². The van der Waals surface area contributed by atoms with Crippen LogP contribution in [0.1, 0.15) is 30.9 Å². The van der Waals surface area contributed by atoms with Crippen LogP contribution < -0.4 is 0 Å². The van der Waals surface area contributed by atoms with Crippen LogP contribution in [0.25, 0.3) is 22.5 Å². The second-order valence-corrected chi connectivity index (χ2v) is 9.23. The van der Waals surface area contributed by atoms with Gasteiger partial charge in [-0.25, -0.2) is 0 Å². The Bertz CT molecular complexity index is 1170. The second-order valence-electron chi connectivity index (χ2n) is 9.23. The van der Waals surface area contributed by atoms with Crippen LogP contribution in [-0.2, 0) is 33.1 Å². The normalized spacial score (nSPS) is 11.4. The molecule has 0 spiro atoms. The molecule has 3 N–H and O–H groups in total. The zero-order chi connectivity index (χ0) is 28.4. The molecular formula is C35H36IrN2O3-2. The number of rotatable bonds is 8. The molecule has 5 rings (SSSR count). The first-order chi connectivity index (χ1) is 19.5. The molecule has 0 fully saturated rings. The SMILES string of the molecule is CC(O)CC(O)CCc1ccc(CO)cc1.[Ir].[c-]1ccccc1-c1ccccn1.[c-]1ccccc1-c1ccccn1. The average Bonchev–Trinajstić information content (AvgIpc) is 3.02. The number of hydrogen-bond acceptors (Lipinski definition) is 5. The van der Waals surface area contributed by atoms with Crippen LogP contribution >= 0.6 is 0 Å². The first-order valence-electron chi connectivity index (χ1n) is 13.4. The van der Waals surface area contributed by atoms with E-state index in [-0.39, 0.29) is 26.7 Å². The summed E-state index contributed by atoms with van der Waals surface area (Å²) in [7, 11) is 0. The Morgan fingerprint density at radius 2 is 1.15 bits per heavy atom. The summed E-state index contributed by atoms with van der Waals surface area (Å²) in [4.78, 5) is 8.44. The maximum Gasteiger partial charge on any atom is 0.0681 e. The van der Waals surface area contributed by atoms with E-state index in [4.69, 9.17) is 10.2 Å². The van der Waals surface area contributed by atoms with Crippen LogP contribution in [0.3, 0.4) is 0 Å². The minimum atomic E-state index is -0.452. The minimum Gasteiger partial charge on any atom is -0.393 e. The number of hydrogen-bond donors (Lipinski definition) is 3. The van der Waals surface area contributed by atoms with Gasteiger partial charge >= 0.3 is 0 Å². The van der Waals surface area contributed by atoms with Gasteiger partial charge in [-0.15, -0.1) is 71.8 Å². The molecule has 2 atom stereocenters. The van der Waals surface area contributed by atoms with E-state index in [0.717, 1.165) is 40.1 Å². The van der Waals surface area contributed by atoms with Crippen molar-refractivity contribution in [3.05, 3.63) is 145 Å². The Balaban J connectivity index is 0.000000215. The minimum absolute atomic E-state index is 0. The first-order valence-corrected chi connectivity index (χ1v) is 13.4. The number of aromatic nitrogens is 2. The maximum atomic E-state index is 9.58. The molecule has 0 bridgehead atoms. The number of pyridine rings is 2. The largest absolute Gasteiger partial charge is 0.393 e. The zero-order valence-electron chi connectivity index (χ0n) is 23.1. The summed E-state index contributed by atoms with van der Waals surface area (Å²) in [5, 5.41) is 27.6. The molecule has 2 aromatic heterocycles. The number of aliphatic hydroxyl groups is 3. The molecule has 215 valence electrons. The van der Waals surface area contributed by atoms with Gasteiger partial charge in [0.2, 0.25) is 0 Å². The Morgan fingerprint density at radius 1 is 0.659 bits per heavy atom. The summed E-state index contributed by atoms with van der Waals surface area (Å²) in [5.74, 6) is 0. The predicted molar refractivity (Wildman–Crippen MR) is 160 cm³/mol. The molecule has 0 aliphatic rings. The van der Waals surface area contributed by atoms with E-state index in [0.29, 0.717) is 12.8 Å². The molecule has 0 amide bonds. The van der Waals surface area contributed by atoms with Crippen molar-refractivity contribution in [1.82, 2.24) is 9.97 Å². The van der Waals surface area contributed by atoms with E-state index in [1.807, 2.05) is 109 Å². The van der Waals surface area contributed by atoms with Crippen LogP contribution in [0, 0.1) is 12.1 Å². The van der Waals surface area contributed by atoms with Gasteiger partial charge in [0.1, 0.15) is 0 Å². The maximum absolute atomic E-state index is 9.58. The van der Waals surface area contributed by atoms with Gasteiger partial charge in [0.15, 0.2) is 0 Å². The molecule has 5 nitrogen and oxygen atoms in total. The third-order valence-electron chi connectivity index (χ3n) is 5.88. The Morgan fingerprint density at radius 3 is 1.54 bits per heavy atom. The van der Waals surface area contributed by atoms with Crippen LogP contribution in [0.4, 0.5) is 0 Å². The van der Waals surface area contributed by atoms with Gasteiger partial charge in [0.05, 0.1) is 18.8 Å². The average molecular weight is 725 g/mol. The molecule has 41 heavy (non-hydrogen) atoms. The van der Waals surface area contributed by atoms with Crippen molar-refractivity contribution in [3.8, 4) is 22.5 Å². The molecule has 0 aliphatic heterocycles. The van der Waals surface area contributed by atoms with Crippen molar-refractivity contribution >= 4 is 0 Å². The standard InChI is InChI=1S/C13H20O3.2C11H8N.Ir/c1-10(15)8-13(16)7-6-11-2-4-12(9-14)5-3-11;2*1-2-6-10(7-3-1)11-8-4-5-9-12-11;/h2-5,10,13-16H,6-9H2,1H3;2*1-6,8-9H;/q;2*-1;. The summed E-state index contributed by atoms with van der Waals surface area (Å²) in [6, 6.07) is 41.3. The van der Waals surface area contributed by atoms with Gasteiger partial charge in [0.25, 0.3) is 0 Å². The molecule has 2 heterocycles. The van der Waals surface area contributed by atoms with Gasteiger partial charge in [-0.1, -0.05) is 48.5 Å². The summed E-state index contributed by atoms with van der Waals surface area (Å²) in [5.41, 5.74) is 6.06. The summed E-state index contributed by atoms with van der Waals surface area (Å²) < 4.78 is 0. The molecule has 1 radical (unpaired) electrons. The van der Waals surface area contributed by atoms with Gasteiger partial charge in [-0.05, 0) is 60.8 Å². The van der Waals surface area contributed by atoms with Gasteiger partial charge in [-0.2, -0.15) is 0 Å². The van der Waals surface area contributed by atoms with Crippen molar-refractivity contribution in [2.24, 2.45) is 0 Å². The molecule has 0 aliphatic carbocycles. The quantitative estimate of drug-likeness (QED) is 0.163. The van der Waals surface area contributed by atoms with E-state index in [9.17, 15) is 5.11 Å². The summed E-state index contributed by atoms with van der Waals surface area (Å²) >= 11 is 0. The Kier molecular flexibility index (Phi) is 16.1. The fourth-order valence-corrected chi connectivity index (χ4v) is 3.81. The molecule has 2 unspecified atom stereocenters. The van der Waals surface area contributed by atoms with Crippen LogP contribution in [0.5, 0.6) is 0 Å². The van der Waals surface area contributed by atoms with E-state index in [1.54, 1.807) is 19.3 Å². The fourth-order valence-electron chi connectivity index (χ4n) is 3.81. The van der Waals surface area contributed by atoms with Crippen LogP contribution in [0.2, 0.25) is 0 Å². The molecule has 6 heteroatoms. The summed E-state index contributed by atoms with van der Waals surface area (Å²) in [6.07, 6.45) is 4.55. The Hall–Kier alpha value is -3.51. The van der Waals surface area contributed by atoms with Crippen molar-refractivity contribution in [2.75, 3.05) is 0 Å². The van der Waals surface area contributed by atoms with E-state index in [2.05, 4.69) is 22.1 Å². The van der Waals surface area contributed by atoms with Crippen molar-refractivity contribution in [3.63, 3.8) is 0 Å². The number of aliphatic hydroxyl groups excluding tert-OH is 3. The molecular weight excluding hydrogens is 689 g/mol. The van der Waals surface area contributed by atoms with Gasteiger partial charge in [0, 0.05) is 32.5 Å². The third kappa shape index (κ3) is 13.1. The Labute approximate surface area is 257 Å². The second kappa shape index (κ2) is 19.5. The number of nitrogens with zero attached hydrogens (tertiary/aromatic N) is 2.